The molecule has 0 atom stereocenters. The number of aromatic nitrogens is 4. The molecule has 11 heteroatoms. The highest BCUT2D eigenvalue weighted by atomic mass is 35.5. The fourth-order valence-electron chi connectivity index (χ4n) is 2.96. The van der Waals surface area contributed by atoms with Crippen LogP contribution in [0.15, 0.2) is 84.4 Å². The fraction of sp³-hybridized carbons (Fsp3) is 0.0476. The van der Waals surface area contributed by atoms with Gasteiger partial charge >= 0.3 is 0 Å². The number of carbonyl (C=O) groups excluding carboxylic acids is 1. The summed E-state index contributed by atoms with van der Waals surface area (Å²) in [6, 6.07) is 15.6. The Hall–Kier alpha value is -3.76. The van der Waals surface area contributed by atoms with E-state index in [1.54, 1.807) is 42.6 Å². The Morgan fingerprint density at radius 2 is 1.91 bits per heavy atom. The van der Waals surface area contributed by atoms with Crippen molar-refractivity contribution in [3.8, 4) is 5.82 Å². The van der Waals surface area contributed by atoms with E-state index < -0.39 is 15.9 Å². The Kier molecular flexibility index (Phi) is 5.89. The normalized spacial score (nSPS) is 11.2. The van der Waals surface area contributed by atoms with Crippen LogP contribution in [0.4, 0.5) is 11.4 Å². The van der Waals surface area contributed by atoms with Gasteiger partial charge in [0.2, 0.25) is 0 Å². The van der Waals surface area contributed by atoms with Gasteiger partial charge in [-0.05, 0) is 48.5 Å². The summed E-state index contributed by atoms with van der Waals surface area (Å²) in [6.07, 6.45) is 4.37. The highest BCUT2D eigenvalue weighted by molar-refractivity contribution is 7.92. The molecule has 32 heavy (non-hydrogen) atoms. The van der Waals surface area contributed by atoms with Crippen LogP contribution >= 0.6 is 11.6 Å². The highest BCUT2D eigenvalue weighted by Crippen LogP contribution is 2.25. The van der Waals surface area contributed by atoms with Crippen molar-refractivity contribution in [2.45, 2.75) is 4.90 Å². The predicted molar refractivity (Wildman–Crippen MR) is 121 cm³/mol. The van der Waals surface area contributed by atoms with E-state index in [2.05, 4.69) is 20.4 Å². The zero-order chi connectivity index (χ0) is 22.7. The molecule has 0 radical (unpaired) electrons. The number of amides is 1. The van der Waals surface area contributed by atoms with Gasteiger partial charge in [0.15, 0.2) is 5.82 Å². The van der Waals surface area contributed by atoms with Gasteiger partial charge in [0.1, 0.15) is 12.7 Å². The average Bonchev–Trinajstić information content (AvgIpc) is 3.34. The van der Waals surface area contributed by atoms with E-state index in [-0.39, 0.29) is 10.5 Å². The number of nitrogens with zero attached hydrogens (tertiary/aromatic N) is 5. The molecule has 0 spiro atoms. The number of nitrogens with one attached hydrogen (secondary N) is 1. The lowest BCUT2D eigenvalue weighted by molar-refractivity contribution is 0.102. The van der Waals surface area contributed by atoms with Crippen molar-refractivity contribution in [3.05, 3.63) is 90.1 Å². The molecule has 0 aliphatic carbocycles. The van der Waals surface area contributed by atoms with Crippen LogP contribution in [0, 0.1) is 0 Å². The molecule has 162 valence electrons. The van der Waals surface area contributed by atoms with Crippen LogP contribution in [-0.4, -0.2) is 41.1 Å². The molecule has 1 N–H and O–H groups in total. The van der Waals surface area contributed by atoms with Crippen LogP contribution in [0.25, 0.3) is 5.82 Å². The number of rotatable bonds is 6. The van der Waals surface area contributed by atoms with E-state index in [9.17, 15) is 13.2 Å². The highest BCUT2D eigenvalue weighted by Gasteiger charge is 2.23. The van der Waals surface area contributed by atoms with Crippen LogP contribution in [0.1, 0.15) is 10.4 Å². The molecule has 0 saturated heterocycles. The summed E-state index contributed by atoms with van der Waals surface area (Å²) in [5.74, 6) is -0.121. The van der Waals surface area contributed by atoms with Crippen LogP contribution in [-0.2, 0) is 10.0 Å². The lowest BCUT2D eigenvalue weighted by Gasteiger charge is -2.20. The molecule has 0 unspecified atom stereocenters. The van der Waals surface area contributed by atoms with Gasteiger partial charge < -0.3 is 5.32 Å². The second kappa shape index (κ2) is 8.77. The topological polar surface area (TPSA) is 110 Å². The molecule has 2 heterocycles. The van der Waals surface area contributed by atoms with Crippen molar-refractivity contribution in [2.75, 3.05) is 16.7 Å². The molecule has 4 rings (SSSR count). The summed E-state index contributed by atoms with van der Waals surface area (Å²) >= 11 is 5.99. The third kappa shape index (κ3) is 4.32. The fourth-order valence-corrected chi connectivity index (χ4v) is 4.37. The van der Waals surface area contributed by atoms with Gasteiger partial charge in [0, 0.05) is 23.8 Å². The smallest absolute Gasteiger partial charge is 0.264 e. The number of anilines is 2. The number of benzene rings is 2. The Morgan fingerprint density at radius 3 is 2.66 bits per heavy atom. The Morgan fingerprint density at radius 1 is 1.09 bits per heavy atom. The molecule has 9 nitrogen and oxygen atoms in total. The first-order valence-electron chi connectivity index (χ1n) is 9.32. The first-order chi connectivity index (χ1) is 15.4. The van der Waals surface area contributed by atoms with Gasteiger partial charge in [-0.1, -0.05) is 23.7 Å². The second-order valence-electron chi connectivity index (χ2n) is 6.65. The summed E-state index contributed by atoms with van der Waals surface area (Å²) in [6.45, 7) is 0. The summed E-state index contributed by atoms with van der Waals surface area (Å²) in [5, 5.41) is 7.19. The summed E-state index contributed by atoms with van der Waals surface area (Å²) in [5.41, 5.74) is 0.964. The minimum atomic E-state index is -3.92. The molecule has 4 aromatic rings. The average molecular weight is 469 g/mol. The second-order valence-corrected chi connectivity index (χ2v) is 9.05. The first kappa shape index (κ1) is 21.5. The van der Waals surface area contributed by atoms with Crippen molar-refractivity contribution in [3.63, 3.8) is 0 Å². The van der Waals surface area contributed by atoms with E-state index >= 15 is 0 Å². The Bertz CT molecular complexity index is 1380. The largest absolute Gasteiger partial charge is 0.319 e. The molecule has 1 amide bonds. The number of pyridine rings is 1. The van der Waals surface area contributed by atoms with Gasteiger partial charge in [0.25, 0.3) is 15.9 Å². The SMILES string of the molecule is CN(c1cccc(Cl)c1)S(=O)(=O)c1cccc(C(=O)Nc2cccnc2-n2cncn2)c1. The zero-order valence-electron chi connectivity index (χ0n) is 16.8. The number of halogens is 1. The Balaban J connectivity index is 1.62. The number of hydrogen-bond donors (Lipinski definition) is 1. The summed E-state index contributed by atoms with van der Waals surface area (Å²) in [7, 11) is -2.50. The van der Waals surface area contributed by atoms with E-state index in [0.717, 1.165) is 4.31 Å². The molecule has 0 aliphatic rings. The first-order valence-corrected chi connectivity index (χ1v) is 11.1. The van der Waals surface area contributed by atoms with E-state index in [0.29, 0.717) is 22.2 Å². The van der Waals surface area contributed by atoms with E-state index in [1.165, 1.54) is 48.6 Å². The van der Waals surface area contributed by atoms with E-state index in [4.69, 9.17) is 11.6 Å². The molecule has 2 aromatic carbocycles. The number of hydrogen-bond acceptors (Lipinski definition) is 6. The Labute approximate surface area is 189 Å². The predicted octanol–water partition coefficient (Wildman–Crippen LogP) is 3.39. The maximum Gasteiger partial charge on any atom is 0.264 e. The third-order valence-electron chi connectivity index (χ3n) is 4.60. The van der Waals surface area contributed by atoms with Crippen LogP contribution in [0.3, 0.4) is 0 Å². The zero-order valence-corrected chi connectivity index (χ0v) is 18.3. The minimum Gasteiger partial charge on any atom is -0.319 e. The molecule has 0 bridgehead atoms. The third-order valence-corrected chi connectivity index (χ3v) is 6.61. The molecule has 0 aliphatic heterocycles. The number of carbonyl (C=O) groups is 1. The lowest BCUT2D eigenvalue weighted by atomic mass is 10.2. The van der Waals surface area contributed by atoms with Gasteiger partial charge in [-0.25, -0.2) is 23.1 Å². The molecule has 2 aromatic heterocycles. The number of sulfonamides is 1. The van der Waals surface area contributed by atoms with Gasteiger partial charge in [-0.3, -0.25) is 9.10 Å². The maximum atomic E-state index is 13.1. The van der Waals surface area contributed by atoms with Crippen molar-refractivity contribution < 1.29 is 13.2 Å². The summed E-state index contributed by atoms with van der Waals surface area (Å²) < 4.78 is 28.7. The lowest BCUT2D eigenvalue weighted by Crippen LogP contribution is -2.27. The van der Waals surface area contributed by atoms with Crippen LogP contribution < -0.4 is 9.62 Å². The van der Waals surface area contributed by atoms with Crippen molar-refractivity contribution in [2.24, 2.45) is 0 Å². The van der Waals surface area contributed by atoms with Crippen molar-refractivity contribution in [1.82, 2.24) is 19.7 Å². The van der Waals surface area contributed by atoms with Gasteiger partial charge in [-0.2, -0.15) is 5.10 Å². The van der Waals surface area contributed by atoms with Crippen LogP contribution in [0.5, 0.6) is 0 Å². The molecule has 0 fully saturated rings. The van der Waals surface area contributed by atoms with Gasteiger partial charge in [-0.15, -0.1) is 0 Å². The minimum absolute atomic E-state index is 0.0321. The van der Waals surface area contributed by atoms with E-state index in [1.807, 2.05) is 0 Å². The van der Waals surface area contributed by atoms with Crippen LogP contribution in [0.2, 0.25) is 5.02 Å². The standard InChI is InChI=1S/C21H17ClN6O3S/c1-27(17-7-3-6-16(22)12-17)32(30,31)18-8-2-5-15(11-18)21(29)26-19-9-4-10-24-20(19)28-14-23-13-25-28/h2-14H,1H3,(H,26,29). The van der Waals surface area contributed by atoms with Gasteiger partial charge in [0.05, 0.1) is 16.3 Å². The monoisotopic (exact) mass is 468 g/mol. The summed E-state index contributed by atoms with van der Waals surface area (Å²) in [4.78, 5) is 21.0. The maximum absolute atomic E-state index is 13.1. The molecule has 0 saturated carbocycles. The molecular formula is C21H17ClN6O3S. The van der Waals surface area contributed by atoms with Crippen molar-refractivity contribution >= 4 is 38.9 Å². The van der Waals surface area contributed by atoms with Crippen molar-refractivity contribution in [1.29, 1.82) is 0 Å². The quantitative estimate of drug-likeness (QED) is 0.464. The molecular weight excluding hydrogens is 452 g/mol.